The normalized spacial score (nSPS) is 10.7. The Kier molecular flexibility index (Phi) is 5.55. The molecule has 0 spiro atoms. The van der Waals surface area contributed by atoms with Crippen LogP contribution in [0.1, 0.15) is 0 Å². The van der Waals surface area contributed by atoms with E-state index in [0.29, 0.717) is 5.16 Å². The first-order chi connectivity index (χ1) is 12.5. The summed E-state index contributed by atoms with van der Waals surface area (Å²) in [6.07, 6.45) is 0. The summed E-state index contributed by atoms with van der Waals surface area (Å²) in [6, 6.07) is 7.75. The molecule has 0 aliphatic heterocycles. The second-order valence-electron chi connectivity index (χ2n) is 5.10. The predicted molar refractivity (Wildman–Crippen MR) is 102 cm³/mol. The van der Waals surface area contributed by atoms with Crippen LogP contribution in [0.25, 0.3) is 10.7 Å². The van der Waals surface area contributed by atoms with Gasteiger partial charge in [-0.2, -0.15) is 0 Å². The third-order valence-corrected chi connectivity index (χ3v) is 5.56. The minimum absolute atomic E-state index is 0.0649. The number of hydrogen-bond donors (Lipinski definition) is 1. The van der Waals surface area contributed by atoms with Gasteiger partial charge in [-0.05, 0) is 17.5 Å². The van der Waals surface area contributed by atoms with Gasteiger partial charge in [-0.3, -0.25) is 14.9 Å². The zero-order valence-corrected chi connectivity index (χ0v) is 15.8. The second-order valence-corrected chi connectivity index (χ2v) is 7.40. The summed E-state index contributed by atoms with van der Waals surface area (Å²) in [5.74, 6) is 0.442. The molecule has 134 valence electrons. The van der Waals surface area contributed by atoms with Crippen LogP contribution in [0.15, 0.2) is 40.9 Å². The van der Waals surface area contributed by atoms with Crippen LogP contribution in [0.2, 0.25) is 5.02 Å². The lowest BCUT2D eigenvalue weighted by Gasteiger charge is -2.07. The van der Waals surface area contributed by atoms with Crippen molar-refractivity contribution in [1.29, 1.82) is 0 Å². The van der Waals surface area contributed by atoms with Crippen molar-refractivity contribution in [3.05, 3.63) is 50.8 Å². The number of nitrogens with zero attached hydrogens (tertiary/aromatic N) is 4. The molecule has 0 bridgehead atoms. The summed E-state index contributed by atoms with van der Waals surface area (Å²) in [6.45, 7) is 0. The molecule has 0 aliphatic rings. The first kappa shape index (κ1) is 18.4. The summed E-state index contributed by atoms with van der Waals surface area (Å²) in [4.78, 5) is 23.4. The molecule has 26 heavy (non-hydrogen) atoms. The largest absolute Gasteiger partial charge is 0.324 e. The van der Waals surface area contributed by atoms with E-state index in [0.717, 1.165) is 10.7 Å². The summed E-state index contributed by atoms with van der Waals surface area (Å²) in [5, 5.41) is 24.4. The van der Waals surface area contributed by atoms with Gasteiger partial charge in [0.2, 0.25) is 5.91 Å². The first-order valence-corrected chi connectivity index (χ1v) is 9.50. The van der Waals surface area contributed by atoms with Crippen molar-refractivity contribution in [2.45, 2.75) is 5.16 Å². The molecule has 0 unspecified atom stereocenters. The van der Waals surface area contributed by atoms with Crippen LogP contribution in [0.3, 0.4) is 0 Å². The van der Waals surface area contributed by atoms with Gasteiger partial charge in [-0.1, -0.05) is 29.4 Å². The van der Waals surface area contributed by atoms with Crippen LogP contribution in [-0.4, -0.2) is 31.3 Å². The molecule has 3 rings (SSSR count). The fourth-order valence-electron chi connectivity index (χ4n) is 2.10. The van der Waals surface area contributed by atoms with Crippen molar-refractivity contribution in [2.75, 3.05) is 11.1 Å². The van der Waals surface area contributed by atoms with Gasteiger partial charge in [-0.15, -0.1) is 21.5 Å². The van der Waals surface area contributed by atoms with Crippen LogP contribution in [0.5, 0.6) is 0 Å². The van der Waals surface area contributed by atoms with Gasteiger partial charge < -0.3 is 9.88 Å². The molecular formula is C15H12ClN5O3S2. The Morgan fingerprint density at radius 2 is 2.23 bits per heavy atom. The van der Waals surface area contributed by atoms with Crippen LogP contribution in [0, 0.1) is 10.1 Å². The molecule has 0 aliphatic carbocycles. The molecule has 0 saturated heterocycles. The fraction of sp³-hybridized carbons (Fsp3) is 0.133. The number of anilines is 1. The summed E-state index contributed by atoms with van der Waals surface area (Å²) in [5.41, 5.74) is 0.0509. The van der Waals surface area contributed by atoms with E-state index in [1.165, 1.54) is 30.0 Å². The van der Waals surface area contributed by atoms with Crippen LogP contribution >= 0.6 is 34.7 Å². The quantitative estimate of drug-likeness (QED) is 0.377. The molecule has 2 heterocycles. The van der Waals surface area contributed by atoms with Crippen LogP contribution < -0.4 is 5.32 Å². The Bertz CT molecular complexity index is 958. The number of non-ortho nitro benzene ring substituents is 1. The van der Waals surface area contributed by atoms with E-state index in [1.807, 2.05) is 29.1 Å². The lowest BCUT2D eigenvalue weighted by Crippen LogP contribution is -2.15. The van der Waals surface area contributed by atoms with E-state index in [-0.39, 0.29) is 28.1 Å². The highest BCUT2D eigenvalue weighted by atomic mass is 35.5. The van der Waals surface area contributed by atoms with E-state index in [1.54, 1.807) is 11.3 Å². The number of aromatic nitrogens is 3. The maximum atomic E-state index is 12.2. The Morgan fingerprint density at radius 1 is 1.42 bits per heavy atom. The second kappa shape index (κ2) is 7.85. The van der Waals surface area contributed by atoms with Gasteiger partial charge >= 0.3 is 0 Å². The third kappa shape index (κ3) is 4.03. The Morgan fingerprint density at radius 3 is 2.92 bits per heavy atom. The van der Waals surface area contributed by atoms with Crippen LogP contribution in [-0.2, 0) is 11.8 Å². The number of rotatable bonds is 6. The summed E-state index contributed by atoms with van der Waals surface area (Å²) >= 11 is 8.75. The Labute approximate surface area is 161 Å². The maximum absolute atomic E-state index is 12.2. The van der Waals surface area contributed by atoms with E-state index in [2.05, 4.69) is 15.5 Å². The molecule has 1 N–H and O–H groups in total. The smallest absolute Gasteiger partial charge is 0.271 e. The topological polar surface area (TPSA) is 103 Å². The zero-order valence-electron chi connectivity index (χ0n) is 13.4. The molecule has 1 aromatic carbocycles. The van der Waals surface area contributed by atoms with E-state index in [4.69, 9.17) is 11.6 Å². The molecule has 3 aromatic rings. The van der Waals surface area contributed by atoms with Gasteiger partial charge in [0.15, 0.2) is 11.0 Å². The molecule has 0 atom stereocenters. The highest BCUT2D eigenvalue weighted by molar-refractivity contribution is 7.99. The molecule has 2 aromatic heterocycles. The number of nitro groups is 1. The Hall–Kier alpha value is -2.43. The average Bonchev–Trinajstić information content (AvgIpc) is 3.24. The maximum Gasteiger partial charge on any atom is 0.271 e. The van der Waals surface area contributed by atoms with Gasteiger partial charge in [0, 0.05) is 19.2 Å². The SMILES string of the molecule is Cn1c(SCC(=O)Nc2cc([N+](=O)[O-])ccc2Cl)nnc1-c1cccs1. The number of nitrogens with one attached hydrogen (secondary N) is 1. The minimum Gasteiger partial charge on any atom is -0.324 e. The number of amides is 1. The van der Waals surface area contributed by atoms with E-state index < -0.39 is 4.92 Å². The number of carbonyl (C=O) groups excluding carboxylic acids is 1. The molecule has 0 saturated carbocycles. The monoisotopic (exact) mass is 409 g/mol. The highest BCUT2D eigenvalue weighted by Crippen LogP contribution is 2.28. The van der Waals surface area contributed by atoms with Crippen molar-refractivity contribution in [3.8, 4) is 10.7 Å². The number of hydrogen-bond acceptors (Lipinski definition) is 7. The van der Waals surface area contributed by atoms with Gasteiger partial charge in [0.1, 0.15) is 0 Å². The molecular weight excluding hydrogens is 398 g/mol. The van der Waals surface area contributed by atoms with Crippen molar-refractivity contribution in [3.63, 3.8) is 0 Å². The number of nitro benzene ring substituents is 1. The van der Waals surface area contributed by atoms with Crippen LogP contribution in [0.4, 0.5) is 11.4 Å². The van der Waals surface area contributed by atoms with Crippen molar-refractivity contribution < 1.29 is 9.72 Å². The van der Waals surface area contributed by atoms with Gasteiger partial charge in [0.25, 0.3) is 5.69 Å². The number of benzene rings is 1. The predicted octanol–water partition coefficient (Wildman–Crippen LogP) is 3.84. The molecule has 0 fully saturated rings. The number of halogens is 1. The summed E-state index contributed by atoms with van der Waals surface area (Å²) < 4.78 is 1.81. The minimum atomic E-state index is -0.549. The fourth-order valence-corrected chi connectivity index (χ4v) is 3.72. The standard InChI is InChI=1S/C15H12ClN5O3S2/c1-20-14(12-3-2-6-25-12)18-19-15(20)26-8-13(22)17-11-7-9(21(23)24)4-5-10(11)16/h2-7H,8H2,1H3,(H,17,22). The zero-order chi connectivity index (χ0) is 18.7. The third-order valence-electron chi connectivity index (χ3n) is 3.34. The Balaban J connectivity index is 1.65. The van der Waals surface area contributed by atoms with Crippen molar-refractivity contribution in [1.82, 2.24) is 14.8 Å². The van der Waals surface area contributed by atoms with Gasteiger partial charge in [-0.25, -0.2) is 0 Å². The van der Waals surface area contributed by atoms with Crippen molar-refractivity contribution >= 4 is 52.0 Å². The highest BCUT2D eigenvalue weighted by Gasteiger charge is 2.15. The van der Waals surface area contributed by atoms with Gasteiger partial charge in [0.05, 0.1) is 26.3 Å². The molecule has 1 amide bonds. The number of carbonyl (C=O) groups is 1. The van der Waals surface area contributed by atoms with E-state index in [9.17, 15) is 14.9 Å². The summed E-state index contributed by atoms with van der Waals surface area (Å²) in [7, 11) is 1.83. The van der Waals surface area contributed by atoms with E-state index >= 15 is 0 Å². The lowest BCUT2D eigenvalue weighted by molar-refractivity contribution is -0.384. The van der Waals surface area contributed by atoms with Crippen molar-refractivity contribution in [2.24, 2.45) is 7.05 Å². The molecule has 0 radical (unpaired) electrons. The first-order valence-electron chi connectivity index (χ1n) is 7.25. The number of thiophene rings is 1. The lowest BCUT2D eigenvalue weighted by atomic mass is 10.3. The molecule has 8 nitrogen and oxygen atoms in total. The average molecular weight is 410 g/mol. The molecule has 11 heteroatoms. The number of thioether (sulfide) groups is 1.